The van der Waals surface area contributed by atoms with Gasteiger partial charge in [0.1, 0.15) is 4.21 Å². The van der Waals surface area contributed by atoms with Crippen LogP contribution in [0.3, 0.4) is 0 Å². The van der Waals surface area contributed by atoms with Gasteiger partial charge in [-0.1, -0.05) is 29.9 Å². The third kappa shape index (κ3) is 4.06. The van der Waals surface area contributed by atoms with Crippen molar-refractivity contribution in [1.82, 2.24) is 14.2 Å². The predicted molar refractivity (Wildman–Crippen MR) is 99.5 cm³/mol. The molecule has 0 amide bonds. The highest BCUT2D eigenvalue weighted by molar-refractivity contribution is 7.99. The number of hydrogen-bond acceptors (Lipinski definition) is 5. The number of piperidine rings is 2. The Bertz CT molecular complexity index is 530. The van der Waals surface area contributed by atoms with Crippen LogP contribution >= 0.6 is 34.9 Å². The summed E-state index contributed by atoms with van der Waals surface area (Å²) >= 11 is 9.75. The average molecular weight is 372 g/mol. The molecule has 1 saturated carbocycles. The molecule has 0 N–H and O–H groups in total. The highest BCUT2D eigenvalue weighted by Crippen LogP contribution is 2.47. The van der Waals surface area contributed by atoms with E-state index in [-0.39, 0.29) is 0 Å². The summed E-state index contributed by atoms with van der Waals surface area (Å²) in [6.45, 7) is 7.42. The monoisotopic (exact) mass is 371 g/mol. The second-order valence-corrected chi connectivity index (χ2v) is 10.3. The number of nitrogens with zero attached hydrogens (tertiary/aromatic N) is 3. The maximum atomic E-state index is 6.16. The number of rotatable bonds is 4. The van der Waals surface area contributed by atoms with Crippen molar-refractivity contribution in [1.29, 1.82) is 0 Å². The van der Waals surface area contributed by atoms with Crippen molar-refractivity contribution in [2.24, 2.45) is 5.92 Å². The summed E-state index contributed by atoms with van der Waals surface area (Å²) in [6.07, 6.45) is 7.99. The van der Waals surface area contributed by atoms with Crippen LogP contribution in [0.15, 0.2) is 4.21 Å². The molecule has 0 radical (unpaired) electrons. The minimum atomic E-state index is 0.689. The normalized spacial score (nSPS) is 26.0. The Kier molecular flexibility index (Phi) is 5.21. The predicted octanol–water partition coefficient (Wildman–Crippen LogP) is 4.88. The van der Waals surface area contributed by atoms with E-state index in [0.29, 0.717) is 10.4 Å². The first-order chi connectivity index (χ1) is 11.2. The van der Waals surface area contributed by atoms with Crippen molar-refractivity contribution in [2.75, 3.05) is 26.2 Å². The van der Waals surface area contributed by atoms with E-state index in [1.54, 1.807) is 11.3 Å². The van der Waals surface area contributed by atoms with Gasteiger partial charge in [0.15, 0.2) is 4.47 Å². The fourth-order valence-electron chi connectivity index (χ4n) is 3.78. The number of likely N-dealkylation sites (tertiary alicyclic amines) is 1. The zero-order valence-corrected chi connectivity index (χ0v) is 16.2. The van der Waals surface area contributed by atoms with Crippen molar-refractivity contribution >= 4 is 34.9 Å². The van der Waals surface area contributed by atoms with Gasteiger partial charge >= 0.3 is 0 Å². The van der Waals surface area contributed by atoms with E-state index in [4.69, 9.17) is 11.6 Å². The van der Waals surface area contributed by atoms with Gasteiger partial charge in [0.25, 0.3) is 0 Å². The standard InChI is InChI=1S/C17H26ClN3S2/c1-12-4-8-20(9-5-12)14-6-10-21(11-7-14)23-16-15(13-2-3-13)19-17(18)22-16/h12-14H,2-11H2,1H3. The Morgan fingerprint density at radius 2 is 1.74 bits per heavy atom. The molecule has 23 heavy (non-hydrogen) atoms. The topological polar surface area (TPSA) is 19.4 Å². The fraction of sp³-hybridized carbons (Fsp3) is 0.824. The van der Waals surface area contributed by atoms with Gasteiger partial charge in [-0.2, -0.15) is 0 Å². The third-order valence-electron chi connectivity index (χ3n) is 5.53. The van der Waals surface area contributed by atoms with Crippen LogP contribution in [0.2, 0.25) is 4.47 Å². The lowest BCUT2D eigenvalue weighted by Gasteiger charge is -2.40. The van der Waals surface area contributed by atoms with Crippen LogP contribution in [0.1, 0.15) is 57.1 Å². The van der Waals surface area contributed by atoms with Gasteiger partial charge in [-0.25, -0.2) is 9.29 Å². The Morgan fingerprint density at radius 3 is 2.39 bits per heavy atom. The van der Waals surface area contributed by atoms with Gasteiger partial charge in [-0.05, 0) is 69.5 Å². The van der Waals surface area contributed by atoms with Gasteiger partial charge in [-0.15, -0.1) is 0 Å². The second-order valence-electron chi connectivity index (χ2n) is 7.38. The van der Waals surface area contributed by atoms with E-state index in [2.05, 4.69) is 21.1 Å². The molecule has 0 bridgehead atoms. The molecule has 4 rings (SSSR count). The van der Waals surface area contributed by atoms with Crippen LogP contribution in [0.5, 0.6) is 0 Å². The van der Waals surface area contributed by atoms with E-state index in [1.807, 2.05) is 11.9 Å². The highest BCUT2D eigenvalue weighted by atomic mass is 35.5. The lowest BCUT2D eigenvalue weighted by atomic mass is 9.95. The summed E-state index contributed by atoms with van der Waals surface area (Å²) in [5, 5.41) is 0. The van der Waals surface area contributed by atoms with Gasteiger partial charge in [-0.3, -0.25) is 0 Å². The molecule has 2 aliphatic heterocycles. The molecule has 3 heterocycles. The highest BCUT2D eigenvalue weighted by Gasteiger charge is 2.32. The molecule has 3 nitrogen and oxygen atoms in total. The van der Waals surface area contributed by atoms with Crippen molar-refractivity contribution in [3.63, 3.8) is 0 Å². The third-order valence-corrected chi connectivity index (χ3v) is 7.97. The van der Waals surface area contributed by atoms with Gasteiger partial charge in [0.2, 0.25) is 0 Å². The zero-order valence-electron chi connectivity index (χ0n) is 13.8. The molecule has 2 saturated heterocycles. The molecule has 1 aliphatic carbocycles. The molecule has 6 heteroatoms. The van der Waals surface area contributed by atoms with Crippen LogP contribution in [0, 0.1) is 5.92 Å². The molecule has 3 aliphatic rings. The van der Waals surface area contributed by atoms with Crippen molar-refractivity contribution < 1.29 is 0 Å². The fourth-order valence-corrected chi connectivity index (χ4v) is 6.49. The van der Waals surface area contributed by atoms with Crippen molar-refractivity contribution in [3.05, 3.63) is 10.2 Å². The quantitative estimate of drug-likeness (QED) is 0.702. The summed E-state index contributed by atoms with van der Waals surface area (Å²) in [5.74, 6) is 1.62. The molecular weight excluding hydrogens is 346 g/mol. The van der Waals surface area contributed by atoms with E-state index in [0.717, 1.165) is 12.0 Å². The Balaban J connectivity index is 1.30. The van der Waals surface area contributed by atoms with E-state index in [9.17, 15) is 0 Å². The average Bonchev–Trinajstić information content (AvgIpc) is 3.33. The van der Waals surface area contributed by atoms with E-state index in [1.165, 1.54) is 74.6 Å². The van der Waals surface area contributed by atoms with Crippen LogP contribution in [-0.2, 0) is 0 Å². The molecule has 128 valence electrons. The molecular formula is C17H26ClN3S2. The van der Waals surface area contributed by atoms with Crippen molar-refractivity contribution in [3.8, 4) is 0 Å². The number of halogens is 1. The first-order valence-electron chi connectivity index (χ1n) is 9.02. The smallest absolute Gasteiger partial charge is 0.184 e. The molecule has 1 aromatic heterocycles. The minimum absolute atomic E-state index is 0.689. The minimum Gasteiger partial charge on any atom is -0.300 e. The van der Waals surface area contributed by atoms with Crippen LogP contribution < -0.4 is 0 Å². The van der Waals surface area contributed by atoms with Crippen LogP contribution in [0.4, 0.5) is 0 Å². The van der Waals surface area contributed by atoms with Crippen LogP contribution in [-0.4, -0.2) is 46.4 Å². The first-order valence-corrected chi connectivity index (χ1v) is 11.0. The summed E-state index contributed by atoms with van der Waals surface area (Å²) in [6, 6.07) is 0.812. The number of hydrogen-bond donors (Lipinski definition) is 0. The van der Waals surface area contributed by atoms with E-state index < -0.39 is 0 Å². The number of aromatic nitrogens is 1. The van der Waals surface area contributed by atoms with Crippen LogP contribution in [0.25, 0.3) is 0 Å². The summed E-state index contributed by atoms with van der Waals surface area (Å²) in [4.78, 5) is 7.31. The lowest BCUT2D eigenvalue weighted by molar-refractivity contribution is 0.103. The van der Waals surface area contributed by atoms with Crippen molar-refractivity contribution in [2.45, 2.75) is 61.6 Å². The molecule has 3 fully saturated rings. The summed E-state index contributed by atoms with van der Waals surface area (Å²) < 4.78 is 4.60. The molecule has 1 aromatic rings. The van der Waals surface area contributed by atoms with Gasteiger partial charge in [0.05, 0.1) is 5.69 Å². The van der Waals surface area contributed by atoms with Gasteiger partial charge in [0, 0.05) is 25.0 Å². The number of thiazole rings is 1. The molecule has 0 spiro atoms. The largest absolute Gasteiger partial charge is 0.300 e. The molecule has 0 aromatic carbocycles. The zero-order chi connectivity index (χ0) is 15.8. The Hall–Kier alpha value is 0.190. The maximum absolute atomic E-state index is 6.16. The summed E-state index contributed by atoms with van der Waals surface area (Å²) in [5.41, 5.74) is 1.28. The SMILES string of the molecule is CC1CCN(C2CCN(Sc3sc(Cl)nc3C3CC3)CC2)CC1. The van der Waals surface area contributed by atoms with E-state index >= 15 is 0 Å². The molecule has 0 unspecified atom stereocenters. The first kappa shape index (κ1) is 16.6. The second kappa shape index (κ2) is 7.20. The maximum Gasteiger partial charge on any atom is 0.184 e. The Labute approximate surface area is 152 Å². The summed E-state index contributed by atoms with van der Waals surface area (Å²) in [7, 11) is 0. The van der Waals surface area contributed by atoms with Gasteiger partial charge < -0.3 is 4.90 Å². The molecule has 0 atom stereocenters. The lowest BCUT2D eigenvalue weighted by Crippen LogP contribution is -2.46. The Morgan fingerprint density at radius 1 is 1.04 bits per heavy atom.